The Morgan fingerprint density at radius 1 is 1.32 bits per heavy atom. The molecule has 2 rings (SSSR count). The number of carboxylic acid groups (broad SMARTS) is 1. The zero-order valence-electron chi connectivity index (χ0n) is 13.0. The number of rotatable bonds is 6. The third-order valence-electron chi connectivity index (χ3n) is 3.07. The van der Waals surface area contributed by atoms with Gasteiger partial charge >= 0.3 is 12.1 Å². The van der Waals surface area contributed by atoms with Crippen molar-refractivity contribution in [2.45, 2.75) is 57.8 Å². The molecule has 2 unspecified atom stereocenters. The van der Waals surface area contributed by atoms with Gasteiger partial charge in [-0.2, -0.15) is 0 Å². The maximum absolute atomic E-state index is 11.6. The van der Waals surface area contributed by atoms with Crippen molar-refractivity contribution >= 4 is 23.4 Å². The minimum Gasteiger partial charge on any atom is -0.481 e. The molecule has 0 spiro atoms. The highest BCUT2D eigenvalue weighted by molar-refractivity contribution is 7.12. The normalized spacial score (nSPS) is 20.5. The van der Waals surface area contributed by atoms with Crippen LogP contribution in [0.25, 0.3) is 0 Å². The molecular formula is C15H22N2O4S. The Bertz CT molecular complexity index is 550. The van der Waals surface area contributed by atoms with Crippen LogP contribution in [0.1, 0.15) is 36.9 Å². The van der Waals surface area contributed by atoms with E-state index in [4.69, 9.17) is 9.84 Å². The van der Waals surface area contributed by atoms with Crippen molar-refractivity contribution in [1.82, 2.24) is 10.6 Å². The number of nitrogens with one attached hydrogen (secondary N) is 2. The first-order valence-electron chi connectivity index (χ1n) is 7.25. The summed E-state index contributed by atoms with van der Waals surface area (Å²) in [5.41, 5.74) is -0.487. The van der Waals surface area contributed by atoms with Crippen LogP contribution in [0, 0.1) is 0 Å². The number of alkyl carbamates (subject to hydrolysis) is 1. The molecule has 0 aromatic carbocycles. The number of thiophene rings is 1. The largest absolute Gasteiger partial charge is 0.481 e. The van der Waals surface area contributed by atoms with Gasteiger partial charge in [0, 0.05) is 28.4 Å². The molecule has 1 amide bonds. The van der Waals surface area contributed by atoms with E-state index in [2.05, 4.69) is 10.6 Å². The van der Waals surface area contributed by atoms with Gasteiger partial charge in [0.15, 0.2) is 0 Å². The molecular weight excluding hydrogens is 304 g/mol. The van der Waals surface area contributed by atoms with E-state index < -0.39 is 11.6 Å². The lowest BCUT2D eigenvalue weighted by molar-refractivity contribution is -0.136. The van der Waals surface area contributed by atoms with Crippen LogP contribution in [-0.4, -0.2) is 34.9 Å². The van der Waals surface area contributed by atoms with Gasteiger partial charge < -0.3 is 20.5 Å². The van der Waals surface area contributed by atoms with E-state index in [1.165, 1.54) is 11.3 Å². The monoisotopic (exact) mass is 326 g/mol. The standard InChI is InChI=1S/C15H22N2O4S/c1-15(2,3)21-14(20)17-12-7-11(12)16-8-10-5-4-9(22-10)6-13(18)19/h4-5,11-12,16H,6-8H2,1-3H3,(H,17,20)(H,18,19). The SMILES string of the molecule is CC(C)(C)OC(=O)NC1CC1NCc1ccc(CC(=O)O)s1. The Hall–Kier alpha value is -1.60. The first-order chi connectivity index (χ1) is 10.2. The Kier molecular flexibility index (Phi) is 5.08. The average Bonchev–Trinajstić information content (AvgIpc) is 2.91. The van der Waals surface area contributed by atoms with Crippen LogP contribution in [-0.2, 0) is 22.5 Å². The summed E-state index contributed by atoms with van der Waals surface area (Å²) in [6.45, 7) is 6.18. The summed E-state index contributed by atoms with van der Waals surface area (Å²) in [6, 6.07) is 4.14. The van der Waals surface area contributed by atoms with Crippen molar-refractivity contribution in [3.05, 3.63) is 21.9 Å². The number of carbonyl (C=O) groups excluding carboxylic acids is 1. The lowest BCUT2D eigenvalue weighted by Crippen LogP contribution is -2.36. The van der Waals surface area contributed by atoms with Crippen LogP contribution >= 0.6 is 11.3 Å². The van der Waals surface area contributed by atoms with Crippen molar-refractivity contribution < 1.29 is 19.4 Å². The number of aliphatic carboxylic acids is 1. The molecule has 2 atom stereocenters. The second kappa shape index (κ2) is 6.66. The van der Waals surface area contributed by atoms with Crippen molar-refractivity contribution in [3.8, 4) is 0 Å². The predicted molar refractivity (Wildman–Crippen MR) is 84.1 cm³/mol. The molecule has 0 saturated heterocycles. The minimum absolute atomic E-state index is 0.0664. The molecule has 1 saturated carbocycles. The molecule has 1 fully saturated rings. The third-order valence-corrected chi connectivity index (χ3v) is 4.16. The molecule has 1 aliphatic carbocycles. The molecule has 0 bridgehead atoms. The zero-order chi connectivity index (χ0) is 16.3. The van der Waals surface area contributed by atoms with Crippen LogP contribution in [0.4, 0.5) is 4.79 Å². The predicted octanol–water partition coefficient (Wildman–Crippen LogP) is 2.13. The number of carbonyl (C=O) groups is 2. The van der Waals surface area contributed by atoms with Gasteiger partial charge in [-0.25, -0.2) is 4.79 Å². The molecule has 122 valence electrons. The van der Waals surface area contributed by atoms with Gasteiger partial charge in [0.2, 0.25) is 0 Å². The second-order valence-electron chi connectivity index (χ2n) is 6.41. The Morgan fingerprint density at radius 2 is 2.00 bits per heavy atom. The van der Waals surface area contributed by atoms with Gasteiger partial charge in [-0.05, 0) is 39.3 Å². The summed E-state index contributed by atoms with van der Waals surface area (Å²) in [6.07, 6.45) is 0.561. The molecule has 0 aliphatic heterocycles. The molecule has 1 aliphatic rings. The van der Waals surface area contributed by atoms with E-state index in [-0.39, 0.29) is 24.6 Å². The molecule has 6 nitrogen and oxygen atoms in total. The fourth-order valence-corrected chi connectivity index (χ4v) is 2.99. The van der Waals surface area contributed by atoms with E-state index >= 15 is 0 Å². The van der Waals surface area contributed by atoms with Gasteiger partial charge in [-0.3, -0.25) is 4.79 Å². The minimum atomic E-state index is -0.815. The van der Waals surface area contributed by atoms with Crippen molar-refractivity contribution in [3.63, 3.8) is 0 Å². The van der Waals surface area contributed by atoms with E-state index in [1.54, 1.807) is 0 Å². The van der Waals surface area contributed by atoms with E-state index in [0.29, 0.717) is 6.54 Å². The van der Waals surface area contributed by atoms with Gasteiger partial charge in [0.1, 0.15) is 5.60 Å². The number of ether oxygens (including phenoxy) is 1. The van der Waals surface area contributed by atoms with Crippen molar-refractivity contribution in [2.75, 3.05) is 0 Å². The van der Waals surface area contributed by atoms with E-state index in [9.17, 15) is 9.59 Å². The van der Waals surface area contributed by atoms with E-state index in [1.807, 2.05) is 32.9 Å². The lowest BCUT2D eigenvalue weighted by atomic mass is 10.2. The van der Waals surface area contributed by atoms with E-state index in [0.717, 1.165) is 16.2 Å². The second-order valence-corrected chi connectivity index (χ2v) is 7.67. The third kappa shape index (κ3) is 5.65. The summed E-state index contributed by atoms with van der Waals surface area (Å²) in [5.74, 6) is -0.815. The van der Waals surface area contributed by atoms with Gasteiger partial charge in [-0.15, -0.1) is 11.3 Å². The first kappa shape index (κ1) is 16.8. The maximum atomic E-state index is 11.6. The zero-order valence-corrected chi connectivity index (χ0v) is 13.8. The smallest absolute Gasteiger partial charge is 0.407 e. The molecule has 1 aromatic heterocycles. The maximum Gasteiger partial charge on any atom is 0.407 e. The highest BCUT2D eigenvalue weighted by Gasteiger charge is 2.38. The van der Waals surface area contributed by atoms with Crippen LogP contribution in [0.3, 0.4) is 0 Å². The fraction of sp³-hybridized carbons (Fsp3) is 0.600. The number of hydrogen-bond donors (Lipinski definition) is 3. The van der Waals surface area contributed by atoms with Crippen molar-refractivity contribution in [2.24, 2.45) is 0 Å². The van der Waals surface area contributed by atoms with Crippen molar-refractivity contribution in [1.29, 1.82) is 0 Å². The Morgan fingerprint density at radius 3 is 2.64 bits per heavy atom. The van der Waals surface area contributed by atoms with Gasteiger partial charge in [0.05, 0.1) is 6.42 Å². The van der Waals surface area contributed by atoms with Crippen LogP contribution in [0.15, 0.2) is 12.1 Å². The molecule has 3 N–H and O–H groups in total. The Balaban J connectivity index is 1.68. The molecule has 22 heavy (non-hydrogen) atoms. The van der Waals surface area contributed by atoms with Crippen LogP contribution < -0.4 is 10.6 Å². The molecule has 7 heteroatoms. The lowest BCUT2D eigenvalue weighted by Gasteiger charge is -2.19. The fourth-order valence-electron chi connectivity index (χ4n) is 2.03. The summed E-state index contributed by atoms with van der Waals surface area (Å²) < 4.78 is 5.21. The molecule has 0 radical (unpaired) electrons. The summed E-state index contributed by atoms with van der Waals surface area (Å²) >= 11 is 1.50. The highest BCUT2D eigenvalue weighted by Crippen LogP contribution is 2.24. The van der Waals surface area contributed by atoms with Crippen LogP contribution in [0.2, 0.25) is 0 Å². The number of hydrogen-bond acceptors (Lipinski definition) is 5. The average molecular weight is 326 g/mol. The molecule has 1 heterocycles. The topological polar surface area (TPSA) is 87.7 Å². The van der Waals surface area contributed by atoms with Gasteiger partial charge in [-0.1, -0.05) is 0 Å². The first-order valence-corrected chi connectivity index (χ1v) is 8.07. The number of amides is 1. The Labute approximate surface area is 133 Å². The molecule has 1 aromatic rings. The number of carboxylic acids is 1. The summed E-state index contributed by atoms with van der Waals surface area (Å²) in [4.78, 5) is 24.2. The quantitative estimate of drug-likeness (QED) is 0.745. The summed E-state index contributed by atoms with van der Waals surface area (Å²) in [7, 11) is 0. The van der Waals surface area contributed by atoms with Crippen LogP contribution in [0.5, 0.6) is 0 Å². The van der Waals surface area contributed by atoms with Gasteiger partial charge in [0.25, 0.3) is 0 Å². The highest BCUT2D eigenvalue weighted by atomic mass is 32.1. The summed E-state index contributed by atoms with van der Waals surface area (Å²) in [5, 5.41) is 14.9.